The van der Waals surface area contributed by atoms with Crippen LogP contribution in [0.3, 0.4) is 0 Å². The standard InChI is InChI=1S/C27H60P2.C26H58O3P2.C26H50P2.C23H52P2.C21H48P2.5CH4/c1-7-20-28(21-8-2,22-9-3)26-18-16-14-13-15-17-19-27-29(23-10-4,24-11-5)25-12-6;1-7-19-30(20-8-2,21-9-3)25-17-28-15-13-27-14-16-29-18-26-31(22-10-4,23-11-5)24-12-6;1-7-17-27(18-8-2,19-9-3)23-25-13-15-26(16-14-25)24-28(20-10-4,21-11-5)22-12-6;1-7-16-24(17-8-2,18-9-3)22-14-13-15-23-25(19-10-4,20-11-5)21-12-6;1-7-14-22(15-8-2,16-9-3)20-13-21-23(17-10-4,18-11-5)19-12-6;;;;;/h7-27H2,1-6H3;7-26H2,1-6H3;13-16H,7-12,17-24H2,1-6H3;7-23H2,1-6H3;7-21H2,1-6H3;5*1H4/q5*+2;;;;;. The molecule has 0 radical (unpaired) electrons. The fourth-order valence-corrected chi connectivity index (χ4v) is 76.9. The molecule has 0 aromatic heterocycles. The zero-order valence-corrected chi connectivity index (χ0v) is 109. The SMILES string of the molecule is C.C.C.C.C.CCC[P+](CCC)(CCC)CCCCCCCCC[P+](CCC)(CCC)CCC.CCC[P+](CCC)(CCC)CCCCC[P+](CCC)(CCC)CCC.CCC[P+](CCC)(CCC)CCC[P+](CCC)(CCC)CCC.CCC[P+](CCC)(CCC)CCOCCOCCOCC[P+](CCC)(CCC)CCC.CCC[P+](CCC)(CCC)Cc1ccc(C[P+](CCC)(CCC)CCC)cc1. The Morgan fingerprint density at radius 3 is 0.369 bits per heavy atom. The minimum atomic E-state index is -0.799. The molecular weight excluding hydrogens is 1900 g/mol. The average molecular weight is 2190 g/mol. The number of hydrogen-bond donors (Lipinski definition) is 0. The first-order chi connectivity index (χ1) is 65.8. The lowest BCUT2D eigenvalue weighted by molar-refractivity contribution is 0.0202. The molecule has 0 aliphatic carbocycles. The maximum Gasteiger partial charge on any atom is 0.0842 e. The molecule has 1 aromatic carbocycles. The van der Waals surface area contributed by atoms with Gasteiger partial charge in [-0.05, 0) is 249 Å². The zero-order valence-electron chi connectivity index (χ0n) is 101. The van der Waals surface area contributed by atoms with E-state index in [0.29, 0.717) is 13.2 Å². The quantitative estimate of drug-likeness (QED) is 0.0481. The Bertz CT molecular complexity index is 2230. The van der Waals surface area contributed by atoms with Crippen molar-refractivity contribution in [2.24, 2.45) is 0 Å². The van der Waals surface area contributed by atoms with Gasteiger partial charge in [0, 0.05) is 79.0 Å². The molecule has 0 N–H and O–H groups in total. The molecule has 1 rings (SSSR count). The molecular formula is C128H288O3P10+10. The van der Waals surface area contributed by atoms with Crippen molar-refractivity contribution < 1.29 is 14.2 Å². The molecule has 0 atom stereocenters. The van der Waals surface area contributed by atoms with Crippen molar-refractivity contribution >= 4 is 72.6 Å². The van der Waals surface area contributed by atoms with Crippen LogP contribution in [0.5, 0.6) is 0 Å². The summed E-state index contributed by atoms with van der Waals surface area (Å²) in [6.45, 7) is 76.6. The molecule has 0 saturated heterocycles. The first-order valence-electron chi connectivity index (χ1n) is 62.1. The normalized spacial score (nSPS) is 12.2. The van der Waals surface area contributed by atoms with Crippen molar-refractivity contribution in [3.8, 4) is 0 Å². The lowest BCUT2D eigenvalue weighted by Gasteiger charge is -2.30. The van der Waals surface area contributed by atoms with Gasteiger partial charge in [0.25, 0.3) is 0 Å². The van der Waals surface area contributed by atoms with Crippen molar-refractivity contribution in [2.75, 3.05) is 274 Å². The fourth-order valence-electron chi connectivity index (χ4n) is 26.9. The Balaban J connectivity index is -0.000000219. The number of unbranched alkanes of at least 4 members (excludes halogenated alkanes) is 8. The van der Waals surface area contributed by atoms with Gasteiger partial charge in [-0.2, -0.15) is 0 Å². The molecule has 13 heteroatoms. The smallest absolute Gasteiger partial charge is 0.0842 e. The van der Waals surface area contributed by atoms with E-state index in [0.717, 1.165) is 26.4 Å². The molecule has 0 bridgehead atoms. The lowest BCUT2D eigenvalue weighted by Crippen LogP contribution is -2.18. The third-order valence-corrected chi connectivity index (χ3v) is 84.8. The monoisotopic (exact) mass is 2180 g/mol. The van der Waals surface area contributed by atoms with Gasteiger partial charge in [0.05, 0.1) is 286 Å². The van der Waals surface area contributed by atoms with Crippen molar-refractivity contribution in [1.29, 1.82) is 0 Å². The molecule has 0 fully saturated rings. The fraction of sp³-hybridized carbons (Fsp3) is 0.953. The average Bonchev–Trinajstić information content (AvgIpc) is 0.835. The van der Waals surface area contributed by atoms with Crippen LogP contribution in [0.25, 0.3) is 0 Å². The highest BCUT2D eigenvalue weighted by Gasteiger charge is 2.44. The van der Waals surface area contributed by atoms with Crippen molar-refractivity contribution in [3.05, 3.63) is 35.4 Å². The van der Waals surface area contributed by atoms with E-state index in [1.807, 2.05) is 0 Å². The van der Waals surface area contributed by atoms with E-state index in [1.54, 1.807) is 165 Å². The first kappa shape index (κ1) is 162. The van der Waals surface area contributed by atoms with Crippen molar-refractivity contribution in [2.45, 2.75) is 520 Å². The van der Waals surface area contributed by atoms with E-state index in [9.17, 15) is 0 Å². The second-order valence-electron chi connectivity index (χ2n) is 44.8. The van der Waals surface area contributed by atoms with Crippen LogP contribution in [0, 0.1) is 0 Å². The maximum absolute atomic E-state index is 5.95. The predicted octanol–water partition coefficient (Wildman–Crippen LogP) is 46.6. The molecule has 0 unspecified atom stereocenters. The van der Waals surface area contributed by atoms with E-state index in [2.05, 4.69) is 232 Å². The third-order valence-electron chi connectivity index (χ3n) is 31.0. The topological polar surface area (TPSA) is 27.7 Å². The predicted molar refractivity (Wildman–Crippen MR) is 714 cm³/mol. The molecule has 0 aliphatic rings. The van der Waals surface area contributed by atoms with Crippen LogP contribution in [0.1, 0.15) is 519 Å². The summed E-state index contributed by atoms with van der Waals surface area (Å²) in [5, 5.41) is 0. The Morgan fingerprint density at radius 2 is 0.227 bits per heavy atom. The van der Waals surface area contributed by atoms with Gasteiger partial charge in [-0.25, -0.2) is 0 Å². The highest BCUT2D eigenvalue weighted by molar-refractivity contribution is 7.79. The summed E-state index contributed by atoms with van der Waals surface area (Å²) in [5.41, 5.74) is 3.25. The van der Waals surface area contributed by atoms with Gasteiger partial charge in [0.15, 0.2) is 0 Å². The van der Waals surface area contributed by atoms with Gasteiger partial charge >= 0.3 is 0 Å². The zero-order chi connectivity index (χ0) is 103. The summed E-state index contributed by atoms with van der Waals surface area (Å²) in [5.74, 6) is 0. The molecule has 0 aliphatic heterocycles. The Hall–Kier alpha value is 3.40. The molecule has 0 saturated carbocycles. The van der Waals surface area contributed by atoms with E-state index in [4.69, 9.17) is 14.2 Å². The highest BCUT2D eigenvalue weighted by atomic mass is 31.2. The van der Waals surface area contributed by atoms with Gasteiger partial charge in [-0.15, -0.1) is 0 Å². The van der Waals surface area contributed by atoms with Crippen LogP contribution in [0.15, 0.2) is 24.3 Å². The van der Waals surface area contributed by atoms with E-state index >= 15 is 0 Å². The Morgan fingerprint density at radius 1 is 0.121 bits per heavy atom. The van der Waals surface area contributed by atoms with Crippen LogP contribution in [0.2, 0.25) is 0 Å². The Kier molecular flexibility index (Phi) is 125. The van der Waals surface area contributed by atoms with Crippen molar-refractivity contribution in [1.82, 2.24) is 0 Å². The summed E-state index contributed by atoms with van der Waals surface area (Å²) in [7, 11) is -6.81. The van der Waals surface area contributed by atoms with Gasteiger partial charge in [-0.3, -0.25) is 0 Å². The van der Waals surface area contributed by atoms with E-state index < -0.39 is 72.6 Å². The Labute approximate surface area is 909 Å². The number of rotatable bonds is 96. The molecule has 141 heavy (non-hydrogen) atoms. The van der Waals surface area contributed by atoms with E-state index in [-0.39, 0.29) is 37.1 Å². The summed E-state index contributed by atoms with van der Waals surface area (Å²) < 4.78 is 17.6. The third kappa shape index (κ3) is 78.3. The largest absolute Gasteiger partial charge is 0.377 e. The van der Waals surface area contributed by atoms with Gasteiger partial charge in [0.2, 0.25) is 0 Å². The molecule has 0 amide bonds. The minimum absolute atomic E-state index is 0. The summed E-state index contributed by atoms with van der Waals surface area (Å²) in [4.78, 5) is 0. The molecule has 3 nitrogen and oxygen atoms in total. The lowest BCUT2D eigenvalue weighted by atomic mass is 10.1. The molecule has 1 aromatic rings. The summed E-state index contributed by atoms with van der Waals surface area (Å²) in [6.07, 6.45) is 120. The molecule has 858 valence electrons. The van der Waals surface area contributed by atoms with Crippen LogP contribution in [0.4, 0.5) is 0 Å². The molecule has 0 spiro atoms. The van der Waals surface area contributed by atoms with Crippen LogP contribution in [-0.2, 0) is 26.5 Å². The number of ether oxygens (including phenoxy) is 3. The minimum Gasteiger partial charge on any atom is -0.377 e. The van der Waals surface area contributed by atoms with Gasteiger partial charge < -0.3 is 14.2 Å². The highest BCUT2D eigenvalue weighted by Crippen LogP contribution is 2.69. The summed E-state index contributed by atoms with van der Waals surface area (Å²) >= 11 is 0. The maximum atomic E-state index is 5.95. The summed E-state index contributed by atoms with van der Waals surface area (Å²) in [6, 6.07) is 10.0. The first-order valence-corrected chi connectivity index (χ1v) is 87.4. The van der Waals surface area contributed by atoms with Crippen LogP contribution >= 0.6 is 72.6 Å². The van der Waals surface area contributed by atoms with Crippen molar-refractivity contribution in [3.63, 3.8) is 0 Å². The van der Waals surface area contributed by atoms with Gasteiger partial charge in [0.1, 0.15) is 0 Å². The van der Waals surface area contributed by atoms with E-state index in [1.165, 1.54) is 355 Å². The van der Waals surface area contributed by atoms with Crippen LogP contribution in [-0.4, -0.2) is 274 Å². The second-order valence-corrected chi connectivity index (χ2v) is 89.2. The number of hydrogen-bond acceptors (Lipinski definition) is 3. The van der Waals surface area contributed by atoms with Crippen LogP contribution < -0.4 is 0 Å². The van der Waals surface area contributed by atoms with Gasteiger partial charge in [-0.1, -0.05) is 288 Å². The second kappa shape index (κ2) is 109. The number of benzene rings is 1. The molecule has 0 heterocycles.